The van der Waals surface area contributed by atoms with Crippen LogP contribution in [0.15, 0.2) is 23.4 Å². The Kier molecular flexibility index (Phi) is 3.81. The van der Waals surface area contributed by atoms with Gasteiger partial charge in [-0.05, 0) is 26.0 Å². The molecule has 1 fully saturated rings. The molecule has 0 unspecified atom stereocenters. The van der Waals surface area contributed by atoms with Gasteiger partial charge in [0.2, 0.25) is 0 Å². The third kappa shape index (κ3) is 2.97. The van der Waals surface area contributed by atoms with Crippen molar-refractivity contribution in [1.29, 1.82) is 0 Å². The lowest BCUT2D eigenvalue weighted by Crippen LogP contribution is -2.50. The van der Waals surface area contributed by atoms with Crippen LogP contribution in [0.1, 0.15) is 24.2 Å². The Hall–Kier alpha value is -1.51. The number of hydrogen-bond donors (Lipinski definition) is 1. The first kappa shape index (κ1) is 14.9. The van der Waals surface area contributed by atoms with Crippen LogP contribution in [0.3, 0.4) is 0 Å². The van der Waals surface area contributed by atoms with Gasteiger partial charge >= 0.3 is 5.97 Å². The van der Waals surface area contributed by atoms with E-state index in [1.807, 2.05) is 13.8 Å². The molecule has 110 valence electrons. The van der Waals surface area contributed by atoms with Crippen molar-refractivity contribution in [3.05, 3.63) is 23.9 Å². The molecule has 0 atom stereocenters. The number of aromatic nitrogens is 1. The SMILES string of the molecule is CC1(C)CN(S(=O)(=O)c2ccc(C(=O)O)cn2)CCO1. The summed E-state index contributed by atoms with van der Waals surface area (Å²) >= 11 is 0. The van der Waals surface area contributed by atoms with Gasteiger partial charge in [-0.15, -0.1) is 0 Å². The van der Waals surface area contributed by atoms with Crippen LogP contribution in [-0.2, 0) is 14.8 Å². The second-order valence-electron chi connectivity index (χ2n) is 5.14. The predicted octanol–water partition coefficient (Wildman–Crippen LogP) is 0.579. The smallest absolute Gasteiger partial charge is 0.337 e. The summed E-state index contributed by atoms with van der Waals surface area (Å²) < 4.78 is 31.6. The largest absolute Gasteiger partial charge is 0.478 e. The minimum absolute atomic E-state index is 0.0498. The summed E-state index contributed by atoms with van der Waals surface area (Å²) in [6.07, 6.45) is 1.04. The number of rotatable bonds is 3. The quantitative estimate of drug-likeness (QED) is 0.877. The van der Waals surface area contributed by atoms with Crippen LogP contribution in [0.4, 0.5) is 0 Å². The maximum Gasteiger partial charge on any atom is 0.337 e. The van der Waals surface area contributed by atoms with Crippen molar-refractivity contribution in [1.82, 2.24) is 9.29 Å². The number of carboxylic acids is 1. The lowest BCUT2D eigenvalue weighted by atomic mass is 10.1. The first-order chi connectivity index (χ1) is 9.22. The summed E-state index contributed by atoms with van der Waals surface area (Å²) in [6.45, 7) is 4.44. The molecular weight excluding hydrogens is 284 g/mol. The lowest BCUT2D eigenvalue weighted by Gasteiger charge is -2.37. The minimum atomic E-state index is -3.73. The summed E-state index contributed by atoms with van der Waals surface area (Å²) in [5, 5.41) is 8.63. The summed E-state index contributed by atoms with van der Waals surface area (Å²) in [4.78, 5) is 14.5. The molecule has 0 saturated carbocycles. The van der Waals surface area contributed by atoms with E-state index in [2.05, 4.69) is 4.98 Å². The van der Waals surface area contributed by atoms with Crippen LogP contribution in [0.5, 0.6) is 0 Å². The number of carbonyl (C=O) groups is 1. The highest BCUT2D eigenvalue weighted by molar-refractivity contribution is 7.89. The van der Waals surface area contributed by atoms with Gasteiger partial charge < -0.3 is 9.84 Å². The molecule has 1 aliphatic rings. The molecule has 1 N–H and O–H groups in total. The topological polar surface area (TPSA) is 96.8 Å². The third-order valence-electron chi connectivity index (χ3n) is 2.98. The molecule has 7 nitrogen and oxygen atoms in total. The molecule has 0 spiro atoms. The molecule has 0 amide bonds. The Balaban J connectivity index is 2.28. The van der Waals surface area contributed by atoms with Crippen LogP contribution in [0, 0.1) is 0 Å². The second kappa shape index (κ2) is 5.12. The predicted molar refractivity (Wildman–Crippen MR) is 70.0 cm³/mol. The standard InChI is InChI=1S/C12H16N2O5S/c1-12(2)8-14(5-6-19-12)20(17,18)10-4-3-9(7-13-10)11(15)16/h3-4,7H,5-6,8H2,1-2H3,(H,15,16). The van der Waals surface area contributed by atoms with Crippen molar-refractivity contribution in [2.24, 2.45) is 0 Å². The molecule has 0 radical (unpaired) electrons. The van der Waals surface area contributed by atoms with Crippen molar-refractivity contribution >= 4 is 16.0 Å². The molecular formula is C12H16N2O5S. The normalized spacial score (nSPS) is 19.7. The Bertz CT molecular complexity index is 609. The van der Waals surface area contributed by atoms with Crippen molar-refractivity contribution in [2.75, 3.05) is 19.7 Å². The van der Waals surface area contributed by atoms with Gasteiger partial charge in [-0.3, -0.25) is 0 Å². The number of nitrogens with zero attached hydrogens (tertiary/aromatic N) is 2. The molecule has 0 aliphatic carbocycles. The zero-order valence-electron chi connectivity index (χ0n) is 11.2. The highest BCUT2D eigenvalue weighted by Gasteiger charge is 2.35. The highest BCUT2D eigenvalue weighted by atomic mass is 32.2. The van der Waals surface area contributed by atoms with Gasteiger partial charge in [0.1, 0.15) is 0 Å². The van der Waals surface area contributed by atoms with Gasteiger partial charge in [-0.2, -0.15) is 4.31 Å². The molecule has 1 aliphatic heterocycles. The summed E-state index contributed by atoms with van der Waals surface area (Å²) in [5.41, 5.74) is -0.599. The van der Waals surface area contributed by atoms with Crippen molar-refractivity contribution < 1.29 is 23.1 Å². The Labute approximate surface area is 117 Å². The van der Waals surface area contributed by atoms with E-state index in [0.717, 1.165) is 6.20 Å². The maximum atomic E-state index is 12.4. The number of pyridine rings is 1. The van der Waals surface area contributed by atoms with E-state index in [1.165, 1.54) is 16.4 Å². The van der Waals surface area contributed by atoms with E-state index in [-0.39, 0.29) is 23.7 Å². The molecule has 2 heterocycles. The van der Waals surface area contributed by atoms with Gasteiger partial charge in [-0.1, -0.05) is 0 Å². The first-order valence-electron chi connectivity index (χ1n) is 6.06. The Morgan fingerprint density at radius 1 is 1.45 bits per heavy atom. The van der Waals surface area contributed by atoms with Crippen LogP contribution >= 0.6 is 0 Å². The third-order valence-corrected chi connectivity index (χ3v) is 4.74. The van der Waals surface area contributed by atoms with E-state index in [1.54, 1.807) is 0 Å². The van der Waals surface area contributed by atoms with Crippen molar-refractivity contribution in [3.8, 4) is 0 Å². The van der Waals surface area contributed by atoms with Crippen LogP contribution in [0.25, 0.3) is 0 Å². The number of carboxylic acid groups (broad SMARTS) is 1. The van der Waals surface area contributed by atoms with Gasteiger partial charge in [-0.25, -0.2) is 18.2 Å². The molecule has 2 rings (SSSR count). The molecule has 20 heavy (non-hydrogen) atoms. The lowest BCUT2D eigenvalue weighted by molar-refractivity contribution is -0.0640. The molecule has 0 bridgehead atoms. The number of sulfonamides is 1. The summed E-state index contributed by atoms with van der Waals surface area (Å²) in [7, 11) is -3.73. The molecule has 1 aromatic heterocycles. The van der Waals surface area contributed by atoms with E-state index in [4.69, 9.17) is 9.84 Å². The number of aromatic carboxylic acids is 1. The fourth-order valence-corrected chi connectivity index (χ4v) is 3.46. The van der Waals surface area contributed by atoms with Crippen molar-refractivity contribution in [2.45, 2.75) is 24.5 Å². The van der Waals surface area contributed by atoms with Gasteiger partial charge in [0, 0.05) is 19.3 Å². The summed E-state index contributed by atoms with van der Waals surface area (Å²) in [6, 6.07) is 2.44. The average molecular weight is 300 g/mol. The first-order valence-corrected chi connectivity index (χ1v) is 7.50. The molecule has 0 aromatic carbocycles. The maximum absolute atomic E-state index is 12.4. The molecule has 1 saturated heterocycles. The zero-order valence-corrected chi connectivity index (χ0v) is 12.1. The van der Waals surface area contributed by atoms with Crippen LogP contribution in [-0.4, -0.2) is 54.1 Å². The summed E-state index contributed by atoms with van der Waals surface area (Å²) in [5.74, 6) is -1.14. The van der Waals surface area contributed by atoms with E-state index in [0.29, 0.717) is 6.61 Å². The van der Waals surface area contributed by atoms with Crippen LogP contribution in [0.2, 0.25) is 0 Å². The monoisotopic (exact) mass is 300 g/mol. The molecule has 8 heteroatoms. The van der Waals surface area contributed by atoms with E-state index < -0.39 is 21.6 Å². The highest BCUT2D eigenvalue weighted by Crippen LogP contribution is 2.22. The average Bonchev–Trinajstić information content (AvgIpc) is 2.37. The van der Waals surface area contributed by atoms with E-state index >= 15 is 0 Å². The van der Waals surface area contributed by atoms with E-state index in [9.17, 15) is 13.2 Å². The minimum Gasteiger partial charge on any atom is -0.478 e. The number of hydrogen-bond acceptors (Lipinski definition) is 5. The second-order valence-corrected chi connectivity index (χ2v) is 7.02. The fraction of sp³-hybridized carbons (Fsp3) is 0.500. The number of ether oxygens (including phenoxy) is 1. The van der Waals surface area contributed by atoms with Gasteiger partial charge in [0.25, 0.3) is 10.0 Å². The Morgan fingerprint density at radius 3 is 2.65 bits per heavy atom. The number of morpholine rings is 1. The van der Waals surface area contributed by atoms with Crippen LogP contribution < -0.4 is 0 Å². The van der Waals surface area contributed by atoms with Gasteiger partial charge in [0.05, 0.1) is 17.8 Å². The Morgan fingerprint density at radius 2 is 2.15 bits per heavy atom. The fourth-order valence-electron chi connectivity index (χ4n) is 1.97. The molecule has 1 aromatic rings. The van der Waals surface area contributed by atoms with Gasteiger partial charge in [0.15, 0.2) is 5.03 Å². The van der Waals surface area contributed by atoms with Crippen molar-refractivity contribution in [3.63, 3.8) is 0 Å². The zero-order chi connectivity index (χ0) is 15.0.